The molecule has 180 valence electrons. The summed E-state index contributed by atoms with van der Waals surface area (Å²) >= 11 is 0. The lowest BCUT2D eigenvalue weighted by atomic mass is 10.1. The van der Waals surface area contributed by atoms with E-state index in [0.717, 1.165) is 11.4 Å². The fourth-order valence-corrected chi connectivity index (χ4v) is 3.39. The molecule has 1 amide bonds. The van der Waals surface area contributed by atoms with Crippen molar-refractivity contribution in [3.05, 3.63) is 72.1 Å². The van der Waals surface area contributed by atoms with Crippen molar-refractivity contribution in [3.8, 4) is 34.7 Å². The number of carbonyl (C=O) groups is 1. The quantitative estimate of drug-likeness (QED) is 0.401. The van der Waals surface area contributed by atoms with E-state index < -0.39 is 0 Å². The third kappa shape index (κ3) is 5.01. The number of hydrogen-bond donors (Lipinski definition) is 1. The van der Waals surface area contributed by atoms with Gasteiger partial charge in [-0.25, -0.2) is 15.0 Å². The molecule has 0 saturated carbocycles. The average molecular weight is 476 g/mol. The second-order valence-electron chi connectivity index (χ2n) is 7.49. The normalized spacial score (nSPS) is 10.5. The Kier molecular flexibility index (Phi) is 6.81. The third-order valence-electron chi connectivity index (χ3n) is 5.39. The van der Waals surface area contributed by atoms with Crippen molar-refractivity contribution in [3.63, 3.8) is 0 Å². The van der Waals surface area contributed by atoms with E-state index >= 15 is 0 Å². The molecule has 4 rings (SSSR count). The molecule has 0 bridgehead atoms. The lowest BCUT2D eigenvalue weighted by molar-refractivity contribution is 0.102. The SMILES string of the molecule is COc1cc(C(=O)Nc2ccc(Oc3cc(-n4cnc(C)c4C)ncn3)cc2)cc(OC)c1OC. The molecule has 0 aliphatic carbocycles. The van der Waals surface area contributed by atoms with Gasteiger partial charge in [0.1, 0.15) is 24.2 Å². The molecule has 0 fully saturated rings. The molecule has 10 heteroatoms. The molecule has 2 aromatic carbocycles. The van der Waals surface area contributed by atoms with Gasteiger partial charge in [0.15, 0.2) is 11.5 Å². The van der Waals surface area contributed by atoms with Crippen molar-refractivity contribution >= 4 is 11.6 Å². The summed E-state index contributed by atoms with van der Waals surface area (Å²) in [7, 11) is 4.50. The summed E-state index contributed by atoms with van der Waals surface area (Å²) in [6.07, 6.45) is 3.15. The summed E-state index contributed by atoms with van der Waals surface area (Å²) in [5.74, 6) is 2.47. The fraction of sp³-hybridized carbons (Fsp3) is 0.200. The van der Waals surface area contributed by atoms with Gasteiger partial charge in [-0.05, 0) is 50.2 Å². The number of imidazole rings is 1. The van der Waals surface area contributed by atoms with Crippen LogP contribution in [-0.2, 0) is 0 Å². The Morgan fingerprint density at radius 1 is 0.886 bits per heavy atom. The van der Waals surface area contributed by atoms with E-state index in [1.165, 1.54) is 27.7 Å². The highest BCUT2D eigenvalue weighted by molar-refractivity contribution is 6.05. The first kappa shape index (κ1) is 23.6. The van der Waals surface area contributed by atoms with E-state index in [1.54, 1.807) is 48.8 Å². The lowest BCUT2D eigenvalue weighted by Crippen LogP contribution is -2.12. The Balaban J connectivity index is 1.47. The van der Waals surface area contributed by atoms with Gasteiger partial charge in [-0.3, -0.25) is 9.36 Å². The maximum atomic E-state index is 12.8. The van der Waals surface area contributed by atoms with Crippen molar-refractivity contribution in [1.82, 2.24) is 19.5 Å². The zero-order chi connectivity index (χ0) is 24.9. The summed E-state index contributed by atoms with van der Waals surface area (Å²) in [4.78, 5) is 25.6. The molecule has 1 N–H and O–H groups in total. The molecule has 2 aromatic heterocycles. The summed E-state index contributed by atoms with van der Waals surface area (Å²) in [5, 5.41) is 2.85. The molecule has 4 aromatic rings. The van der Waals surface area contributed by atoms with Gasteiger partial charge < -0.3 is 24.3 Å². The molecule has 0 radical (unpaired) electrons. The van der Waals surface area contributed by atoms with Gasteiger partial charge in [-0.15, -0.1) is 0 Å². The van der Waals surface area contributed by atoms with Crippen LogP contribution >= 0.6 is 0 Å². The molecule has 0 spiro atoms. The Morgan fingerprint density at radius 3 is 2.14 bits per heavy atom. The van der Waals surface area contributed by atoms with Crippen molar-refractivity contribution in [2.75, 3.05) is 26.6 Å². The van der Waals surface area contributed by atoms with Crippen LogP contribution in [0, 0.1) is 13.8 Å². The van der Waals surface area contributed by atoms with E-state index in [2.05, 4.69) is 20.3 Å². The molecule has 0 aliphatic heterocycles. The summed E-state index contributed by atoms with van der Waals surface area (Å²) in [5.41, 5.74) is 2.86. The molecule has 0 saturated heterocycles. The zero-order valence-corrected chi connectivity index (χ0v) is 20.0. The number of nitrogens with one attached hydrogen (secondary N) is 1. The second kappa shape index (κ2) is 10.1. The maximum Gasteiger partial charge on any atom is 0.255 e. The molecule has 2 heterocycles. The fourth-order valence-electron chi connectivity index (χ4n) is 3.39. The minimum atomic E-state index is -0.329. The van der Waals surface area contributed by atoms with Crippen LogP contribution in [0.4, 0.5) is 5.69 Å². The number of rotatable bonds is 8. The second-order valence-corrected chi connectivity index (χ2v) is 7.49. The third-order valence-corrected chi connectivity index (χ3v) is 5.39. The smallest absolute Gasteiger partial charge is 0.255 e. The van der Waals surface area contributed by atoms with Gasteiger partial charge in [0.05, 0.1) is 27.0 Å². The number of benzene rings is 2. The van der Waals surface area contributed by atoms with Crippen molar-refractivity contribution in [1.29, 1.82) is 0 Å². The van der Waals surface area contributed by atoms with Crippen LogP contribution in [-0.4, -0.2) is 46.8 Å². The highest BCUT2D eigenvalue weighted by atomic mass is 16.5. The molecule has 0 unspecified atom stereocenters. The first-order valence-electron chi connectivity index (χ1n) is 10.7. The van der Waals surface area contributed by atoms with Gasteiger partial charge >= 0.3 is 0 Å². The first-order valence-corrected chi connectivity index (χ1v) is 10.7. The molecular formula is C25H25N5O5. The molecule has 0 atom stereocenters. The minimum absolute atomic E-state index is 0.329. The number of nitrogens with zero attached hydrogens (tertiary/aromatic N) is 4. The van der Waals surface area contributed by atoms with Crippen molar-refractivity contribution < 1.29 is 23.7 Å². The van der Waals surface area contributed by atoms with Crippen molar-refractivity contribution in [2.45, 2.75) is 13.8 Å². The van der Waals surface area contributed by atoms with Crippen LogP contribution in [0.25, 0.3) is 5.82 Å². The number of aromatic nitrogens is 4. The largest absolute Gasteiger partial charge is 0.493 e. The number of hydrogen-bond acceptors (Lipinski definition) is 8. The van der Waals surface area contributed by atoms with Crippen LogP contribution in [0.5, 0.6) is 28.9 Å². The predicted molar refractivity (Wildman–Crippen MR) is 129 cm³/mol. The highest BCUT2D eigenvalue weighted by Crippen LogP contribution is 2.38. The minimum Gasteiger partial charge on any atom is -0.493 e. The summed E-state index contributed by atoms with van der Waals surface area (Å²) in [6, 6.07) is 11.8. The van der Waals surface area contributed by atoms with E-state index in [-0.39, 0.29) is 5.91 Å². The Bertz CT molecular complexity index is 1330. The van der Waals surface area contributed by atoms with Crippen LogP contribution in [0.2, 0.25) is 0 Å². The molecule has 35 heavy (non-hydrogen) atoms. The van der Waals surface area contributed by atoms with Crippen LogP contribution in [0.1, 0.15) is 21.7 Å². The molecule has 0 aliphatic rings. The van der Waals surface area contributed by atoms with Gasteiger partial charge in [-0.2, -0.15) is 0 Å². The van der Waals surface area contributed by atoms with Crippen LogP contribution in [0.3, 0.4) is 0 Å². The van der Waals surface area contributed by atoms with E-state index in [0.29, 0.717) is 45.9 Å². The number of carbonyl (C=O) groups excluding carboxylic acids is 1. The molecular weight excluding hydrogens is 450 g/mol. The van der Waals surface area contributed by atoms with E-state index in [1.807, 2.05) is 18.4 Å². The van der Waals surface area contributed by atoms with Gasteiger partial charge in [0.25, 0.3) is 5.91 Å². The number of methoxy groups -OCH3 is 3. The van der Waals surface area contributed by atoms with E-state index in [4.69, 9.17) is 18.9 Å². The van der Waals surface area contributed by atoms with Gasteiger partial charge in [0.2, 0.25) is 11.6 Å². The predicted octanol–water partition coefficient (Wildman–Crippen LogP) is 4.35. The van der Waals surface area contributed by atoms with Crippen LogP contribution in [0.15, 0.2) is 55.1 Å². The molecule has 10 nitrogen and oxygen atoms in total. The Labute approximate surface area is 202 Å². The number of amides is 1. The Hall–Kier alpha value is -4.60. The summed E-state index contributed by atoms with van der Waals surface area (Å²) < 4.78 is 23.7. The lowest BCUT2D eigenvalue weighted by Gasteiger charge is -2.14. The average Bonchev–Trinajstić information content (AvgIpc) is 3.22. The number of ether oxygens (including phenoxy) is 4. The van der Waals surface area contributed by atoms with Gasteiger partial charge in [0, 0.05) is 23.0 Å². The summed E-state index contributed by atoms with van der Waals surface area (Å²) in [6.45, 7) is 3.91. The Morgan fingerprint density at radius 2 is 1.57 bits per heavy atom. The topological polar surface area (TPSA) is 110 Å². The number of aryl methyl sites for hydroxylation is 1. The van der Waals surface area contributed by atoms with Crippen molar-refractivity contribution in [2.24, 2.45) is 0 Å². The van der Waals surface area contributed by atoms with Crippen LogP contribution < -0.4 is 24.3 Å². The monoisotopic (exact) mass is 475 g/mol. The first-order chi connectivity index (χ1) is 16.9. The maximum absolute atomic E-state index is 12.8. The zero-order valence-electron chi connectivity index (χ0n) is 20.0. The van der Waals surface area contributed by atoms with Gasteiger partial charge in [-0.1, -0.05) is 0 Å². The standard InChI is InChI=1S/C25H25N5O5/c1-15-16(2)30(14-28-15)22-12-23(27-13-26-22)35-19-8-6-18(7-9-19)29-25(31)17-10-20(32-3)24(34-5)21(11-17)33-4/h6-14H,1-5H3,(H,29,31). The highest BCUT2D eigenvalue weighted by Gasteiger charge is 2.17. The van der Waals surface area contributed by atoms with E-state index in [9.17, 15) is 4.79 Å². The number of anilines is 1.